The van der Waals surface area contributed by atoms with Crippen LogP contribution in [0.2, 0.25) is 0 Å². The van der Waals surface area contributed by atoms with Gasteiger partial charge in [-0.3, -0.25) is 4.90 Å². The third-order valence-electron chi connectivity index (χ3n) is 4.15. The van der Waals surface area contributed by atoms with Gasteiger partial charge in [0.2, 0.25) is 0 Å². The fraction of sp³-hybridized carbons (Fsp3) is 0.625. The van der Waals surface area contributed by atoms with E-state index in [0.29, 0.717) is 5.92 Å². The van der Waals surface area contributed by atoms with E-state index >= 15 is 0 Å². The molecular weight excluding hydrogens is 263 g/mol. The largest absolute Gasteiger partial charge is 0.416 e. The molecule has 0 aliphatic carbocycles. The summed E-state index contributed by atoms with van der Waals surface area (Å²) in [5.74, 6) is 0.385. The molecule has 1 heterocycles. The number of likely N-dealkylation sites (tertiary alicyclic amines) is 1. The smallest absolute Gasteiger partial charge is 0.298 e. The number of hydrogen-bond acceptors (Lipinski definition) is 1. The van der Waals surface area contributed by atoms with Crippen LogP contribution in [-0.2, 0) is 6.18 Å². The molecule has 1 aromatic carbocycles. The lowest BCUT2D eigenvalue weighted by atomic mass is 9.87. The predicted molar refractivity (Wildman–Crippen MR) is 74.7 cm³/mol. The molecule has 0 radical (unpaired) electrons. The van der Waals surface area contributed by atoms with E-state index in [9.17, 15) is 13.2 Å². The highest BCUT2D eigenvalue weighted by atomic mass is 19.4. The minimum absolute atomic E-state index is 0.172. The third-order valence-corrected chi connectivity index (χ3v) is 4.15. The fourth-order valence-corrected chi connectivity index (χ4v) is 2.83. The molecule has 1 nitrogen and oxygen atoms in total. The van der Waals surface area contributed by atoms with E-state index in [1.54, 1.807) is 12.1 Å². The molecule has 1 aromatic rings. The van der Waals surface area contributed by atoms with Crippen molar-refractivity contribution in [2.24, 2.45) is 0 Å². The van der Waals surface area contributed by atoms with Crippen LogP contribution in [0.25, 0.3) is 0 Å². The second-order valence-electron chi connectivity index (χ2n) is 6.55. The van der Waals surface area contributed by atoms with E-state index in [2.05, 4.69) is 25.7 Å². The number of piperidine rings is 1. The average Bonchev–Trinajstić information content (AvgIpc) is 2.37. The summed E-state index contributed by atoms with van der Waals surface area (Å²) in [6, 6.07) is 5.68. The van der Waals surface area contributed by atoms with Gasteiger partial charge in [-0.1, -0.05) is 12.1 Å². The monoisotopic (exact) mass is 285 g/mol. The van der Waals surface area contributed by atoms with Gasteiger partial charge in [-0.25, -0.2) is 0 Å². The molecule has 112 valence electrons. The van der Waals surface area contributed by atoms with Gasteiger partial charge >= 0.3 is 6.18 Å². The molecule has 1 saturated heterocycles. The molecule has 0 spiro atoms. The molecule has 0 atom stereocenters. The predicted octanol–water partition coefficient (Wildman–Crippen LogP) is 4.68. The maximum absolute atomic E-state index is 12.5. The zero-order valence-corrected chi connectivity index (χ0v) is 12.3. The number of hydrogen-bond donors (Lipinski definition) is 0. The van der Waals surface area contributed by atoms with Gasteiger partial charge in [0, 0.05) is 5.54 Å². The Kier molecular flexibility index (Phi) is 4.14. The highest BCUT2D eigenvalue weighted by Crippen LogP contribution is 2.34. The van der Waals surface area contributed by atoms with Crippen LogP contribution in [0.4, 0.5) is 13.2 Å². The summed E-state index contributed by atoms with van der Waals surface area (Å²) in [4.78, 5) is 2.44. The van der Waals surface area contributed by atoms with Crippen molar-refractivity contribution in [3.8, 4) is 0 Å². The first-order chi connectivity index (χ1) is 9.18. The lowest BCUT2D eigenvalue weighted by molar-refractivity contribution is -0.137. The average molecular weight is 285 g/mol. The van der Waals surface area contributed by atoms with Gasteiger partial charge in [0.1, 0.15) is 0 Å². The maximum Gasteiger partial charge on any atom is 0.416 e. The van der Waals surface area contributed by atoms with Crippen molar-refractivity contribution in [3.05, 3.63) is 35.4 Å². The molecule has 4 heteroatoms. The molecule has 1 aliphatic heterocycles. The van der Waals surface area contributed by atoms with Crippen molar-refractivity contribution in [1.82, 2.24) is 4.90 Å². The Morgan fingerprint density at radius 3 is 1.85 bits per heavy atom. The van der Waals surface area contributed by atoms with Gasteiger partial charge in [0.15, 0.2) is 0 Å². The normalized spacial score (nSPS) is 19.3. The molecule has 0 amide bonds. The van der Waals surface area contributed by atoms with Gasteiger partial charge in [-0.15, -0.1) is 0 Å². The molecule has 2 rings (SSSR count). The Labute approximate surface area is 118 Å². The summed E-state index contributed by atoms with van der Waals surface area (Å²) < 4.78 is 37.6. The zero-order valence-electron chi connectivity index (χ0n) is 12.3. The molecule has 1 fully saturated rings. The van der Waals surface area contributed by atoms with E-state index in [-0.39, 0.29) is 5.54 Å². The summed E-state index contributed by atoms with van der Waals surface area (Å²) in [7, 11) is 0. The minimum Gasteiger partial charge on any atom is -0.298 e. The van der Waals surface area contributed by atoms with E-state index < -0.39 is 11.7 Å². The molecule has 0 unspecified atom stereocenters. The zero-order chi connectivity index (χ0) is 15.0. The van der Waals surface area contributed by atoms with Crippen molar-refractivity contribution in [2.45, 2.75) is 51.2 Å². The summed E-state index contributed by atoms with van der Waals surface area (Å²) in [5.41, 5.74) is 0.644. The Hall–Kier alpha value is -1.03. The summed E-state index contributed by atoms with van der Waals surface area (Å²) in [6.45, 7) is 8.62. The van der Waals surface area contributed by atoms with Crippen LogP contribution in [-0.4, -0.2) is 23.5 Å². The Balaban J connectivity index is 2.01. The first-order valence-electron chi connectivity index (χ1n) is 7.10. The lowest BCUT2D eigenvalue weighted by Gasteiger charge is -2.41. The van der Waals surface area contributed by atoms with Gasteiger partial charge in [-0.2, -0.15) is 13.2 Å². The number of nitrogens with zero attached hydrogens (tertiary/aromatic N) is 1. The number of halogens is 3. The van der Waals surface area contributed by atoms with Crippen LogP contribution in [0.3, 0.4) is 0 Å². The van der Waals surface area contributed by atoms with E-state index in [4.69, 9.17) is 0 Å². The van der Waals surface area contributed by atoms with Crippen molar-refractivity contribution < 1.29 is 13.2 Å². The topological polar surface area (TPSA) is 3.24 Å². The quantitative estimate of drug-likeness (QED) is 0.724. The summed E-state index contributed by atoms with van der Waals surface area (Å²) in [5, 5.41) is 0. The van der Waals surface area contributed by atoms with E-state index in [1.807, 2.05) is 0 Å². The molecule has 0 aromatic heterocycles. The van der Waals surface area contributed by atoms with Gasteiger partial charge in [0.05, 0.1) is 5.56 Å². The van der Waals surface area contributed by atoms with Crippen LogP contribution in [0.5, 0.6) is 0 Å². The molecule has 0 N–H and O–H groups in total. The number of rotatable bonds is 1. The standard InChI is InChI=1S/C16H22F3N/c1-15(2,3)20-10-8-13(9-11-20)12-4-6-14(7-5-12)16(17,18)19/h4-7,13H,8-11H2,1-3H3. The van der Waals surface area contributed by atoms with E-state index in [1.165, 1.54) is 12.1 Å². The summed E-state index contributed by atoms with van der Waals surface area (Å²) >= 11 is 0. The summed E-state index contributed by atoms with van der Waals surface area (Å²) in [6.07, 6.45) is -2.21. The first-order valence-corrected chi connectivity index (χ1v) is 7.10. The van der Waals surface area contributed by atoms with Crippen LogP contribution in [0.1, 0.15) is 50.7 Å². The minimum atomic E-state index is -4.24. The van der Waals surface area contributed by atoms with Crippen LogP contribution in [0, 0.1) is 0 Å². The molecule has 20 heavy (non-hydrogen) atoms. The van der Waals surface area contributed by atoms with Gasteiger partial charge < -0.3 is 0 Å². The van der Waals surface area contributed by atoms with Crippen molar-refractivity contribution in [1.29, 1.82) is 0 Å². The van der Waals surface area contributed by atoms with Crippen LogP contribution < -0.4 is 0 Å². The Morgan fingerprint density at radius 1 is 0.950 bits per heavy atom. The van der Waals surface area contributed by atoms with Crippen LogP contribution >= 0.6 is 0 Å². The van der Waals surface area contributed by atoms with Crippen LogP contribution in [0.15, 0.2) is 24.3 Å². The third kappa shape index (κ3) is 3.54. The van der Waals surface area contributed by atoms with Gasteiger partial charge in [0.25, 0.3) is 0 Å². The van der Waals surface area contributed by atoms with Crippen molar-refractivity contribution >= 4 is 0 Å². The molecular formula is C16H22F3N. The Morgan fingerprint density at radius 2 is 1.45 bits per heavy atom. The SMILES string of the molecule is CC(C)(C)N1CCC(c2ccc(C(F)(F)F)cc2)CC1. The Bertz CT molecular complexity index is 434. The molecule has 0 bridgehead atoms. The van der Waals surface area contributed by atoms with Gasteiger partial charge in [-0.05, 0) is 70.3 Å². The molecule has 1 aliphatic rings. The fourth-order valence-electron chi connectivity index (χ4n) is 2.83. The van der Waals surface area contributed by atoms with Crippen molar-refractivity contribution in [2.75, 3.05) is 13.1 Å². The maximum atomic E-state index is 12.5. The highest BCUT2D eigenvalue weighted by molar-refractivity contribution is 5.27. The lowest BCUT2D eigenvalue weighted by Crippen LogP contribution is -2.45. The van der Waals surface area contributed by atoms with Crippen molar-refractivity contribution in [3.63, 3.8) is 0 Å². The first kappa shape index (κ1) is 15.4. The number of benzene rings is 1. The highest BCUT2D eigenvalue weighted by Gasteiger charge is 2.31. The second-order valence-corrected chi connectivity index (χ2v) is 6.55. The van der Waals surface area contributed by atoms with E-state index in [0.717, 1.165) is 31.5 Å². The second kappa shape index (κ2) is 5.40. The molecule has 0 saturated carbocycles. The number of alkyl halides is 3.